The summed E-state index contributed by atoms with van der Waals surface area (Å²) < 4.78 is 10.1. The number of carbonyl (C=O) groups excluding carboxylic acids is 2. The fourth-order valence-corrected chi connectivity index (χ4v) is 2.25. The molecule has 0 bridgehead atoms. The third-order valence-corrected chi connectivity index (χ3v) is 3.87. The average Bonchev–Trinajstić information content (AvgIpc) is 2.67. The van der Waals surface area contributed by atoms with Crippen molar-refractivity contribution in [2.75, 3.05) is 6.61 Å². The molecule has 8 heteroatoms. The van der Waals surface area contributed by atoms with E-state index in [1.807, 2.05) is 0 Å². The van der Waals surface area contributed by atoms with E-state index < -0.39 is 23.2 Å². The van der Waals surface area contributed by atoms with Gasteiger partial charge in [0.15, 0.2) is 5.60 Å². The fraction of sp³-hybridized carbons (Fsp3) is 0.286. The number of amides is 1. The first-order chi connectivity index (χ1) is 10.3. The Kier molecular flexibility index (Phi) is 4.53. The predicted molar refractivity (Wildman–Crippen MR) is 79.7 cm³/mol. The van der Waals surface area contributed by atoms with E-state index in [4.69, 9.17) is 27.9 Å². The zero-order chi connectivity index (χ0) is 16.5. The molecule has 1 unspecified atom stereocenters. The Hall–Kier alpha value is -1.92. The Morgan fingerprint density at radius 3 is 2.68 bits per heavy atom. The summed E-state index contributed by atoms with van der Waals surface area (Å²) in [6.45, 7) is 3.21. The number of rotatable bonds is 3. The smallest absolute Gasteiger partial charge is 0.414 e. The standard InChI is InChI=1S/C14H13Cl2NO5/c1-3-21-13(20)17-12-10(18)11(19)14(2,22-12)7-4-5-8(15)9(16)6-7/h4-6,18H,3H2,1-2H3,(H,17,20). The van der Waals surface area contributed by atoms with Gasteiger partial charge in [0, 0.05) is 5.56 Å². The van der Waals surface area contributed by atoms with E-state index in [2.05, 4.69) is 10.1 Å². The van der Waals surface area contributed by atoms with Crippen molar-refractivity contribution in [3.63, 3.8) is 0 Å². The number of benzene rings is 1. The van der Waals surface area contributed by atoms with Gasteiger partial charge in [-0.25, -0.2) is 4.79 Å². The number of aliphatic hydroxyl groups excluding tert-OH is 1. The molecule has 0 fully saturated rings. The summed E-state index contributed by atoms with van der Waals surface area (Å²) in [4.78, 5) is 23.7. The average molecular weight is 346 g/mol. The lowest BCUT2D eigenvalue weighted by atomic mass is 9.92. The van der Waals surface area contributed by atoms with Crippen LogP contribution in [0, 0.1) is 0 Å². The molecule has 2 rings (SSSR count). The number of ether oxygens (including phenoxy) is 2. The Balaban J connectivity index is 2.29. The number of Topliss-reactive ketones (excluding diaryl/α,β-unsaturated/α-hetero) is 1. The lowest BCUT2D eigenvalue weighted by molar-refractivity contribution is -0.131. The minimum Gasteiger partial charge on any atom is -0.501 e. The highest BCUT2D eigenvalue weighted by Crippen LogP contribution is 2.39. The van der Waals surface area contributed by atoms with Crippen LogP contribution in [0.2, 0.25) is 10.0 Å². The monoisotopic (exact) mass is 345 g/mol. The van der Waals surface area contributed by atoms with Crippen LogP contribution in [-0.2, 0) is 19.9 Å². The van der Waals surface area contributed by atoms with Gasteiger partial charge in [-0.05, 0) is 26.0 Å². The van der Waals surface area contributed by atoms with Gasteiger partial charge in [-0.15, -0.1) is 0 Å². The maximum absolute atomic E-state index is 12.3. The largest absolute Gasteiger partial charge is 0.501 e. The molecule has 0 radical (unpaired) electrons. The molecule has 0 spiro atoms. The highest BCUT2D eigenvalue weighted by Gasteiger charge is 2.48. The van der Waals surface area contributed by atoms with Crippen LogP contribution in [0.4, 0.5) is 4.79 Å². The van der Waals surface area contributed by atoms with E-state index in [0.29, 0.717) is 10.6 Å². The number of hydrogen-bond acceptors (Lipinski definition) is 5. The van der Waals surface area contributed by atoms with Crippen molar-refractivity contribution in [1.29, 1.82) is 0 Å². The molecule has 0 aliphatic carbocycles. The summed E-state index contributed by atoms with van der Waals surface area (Å²) in [5.41, 5.74) is -1.13. The number of aliphatic hydroxyl groups is 1. The zero-order valence-electron chi connectivity index (χ0n) is 11.8. The predicted octanol–water partition coefficient (Wildman–Crippen LogP) is 3.28. The van der Waals surface area contributed by atoms with Gasteiger partial charge < -0.3 is 14.6 Å². The molecule has 1 atom stereocenters. The Labute approximate surface area is 136 Å². The molecule has 6 nitrogen and oxygen atoms in total. The summed E-state index contributed by atoms with van der Waals surface area (Å²) >= 11 is 11.8. The van der Waals surface area contributed by atoms with Gasteiger partial charge in [0.25, 0.3) is 5.78 Å². The highest BCUT2D eigenvalue weighted by atomic mass is 35.5. The van der Waals surface area contributed by atoms with E-state index in [1.54, 1.807) is 13.0 Å². The molecule has 0 saturated heterocycles. The summed E-state index contributed by atoms with van der Waals surface area (Å²) in [5, 5.41) is 12.6. The highest BCUT2D eigenvalue weighted by molar-refractivity contribution is 6.42. The maximum Gasteiger partial charge on any atom is 0.414 e. The van der Waals surface area contributed by atoms with Crippen molar-refractivity contribution >= 4 is 35.1 Å². The second-order valence-corrected chi connectivity index (χ2v) is 5.43. The maximum atomic E-state index is 12.3. The van der Waals surface area contributed by atoms with E-state index in [1.165, 1.54) is 19.1 Å². The molecule has 0 aromatic heterocycles. The molecule has 1 aromatic carbocycles. The molecular weight excluding hydrogens is 333 g/mol. The zero-order valence-corrected chi connectivity index (χ0v) is 13.3. The second kappa shape index (κ2) is 6.06. The lowest BCUT2D eigenvalue weighted by Crippen LogP contribution is -2.32. The summed E-state index contributed by atoms with van der Waals surface area (Å²) in [6, 6.07) is 4.52. The molecule has 0 saturated carbocycles. The second-order valence-electron chi connectivity index (χ2n) is 4.62. The van der Waals surface area contributed by atoms with Crippen LogP contribution in [0.3, 0.4) is 0 Å². The molecule has 1 heterocycles. The Morgan fingerprint density at radius 1 is 1.41 bits per heavy atom. The topological polar surface area (TPSA) is 84.9 Å². The molecule has 118 valence electrons. The van der Waals surface area contributed by atoms with Crippen LogP contribution in [-0.4, -0.2) is 23.6 Å². The quantitative estimate of drug-likeness (QED) is 0.877. The van der Waals surface area contributed by atoms with Crippen LogP contribution in [0.15, 0.2) is 29.8 Å². The van der Waals surface area contributed by atoms with Crippen molar-refractivity contribution in [2.24, 2.45) is 0 Å². The van der Waals surface area contributed by atoms with Gasteiger partial charge in [0.05, 0.1) is 16.7 Å². The van der Waals surface area contributed by atoms with Crippen molar-refractivity contribution < 1.29 is 24.2 Å². The van der Waals surface area contributed by atoms with Gasteiger partial charge >= 0.3 is 6.09 Å². The summed E-state index contributed by atoms with van der Waals surface area (Å²) in [7, 11) is 0. The van der Waals surface area contributed by atoms with Gasteiger partial charge in [0.1, 0.15) is 0 Å². The van der Waals surface area contributed by atoms with Crippen LogP contribution < -0.4 is 5.32 Å². The first-order valence-corrected chi connectivity index (χ1v) is 7.11. The van der Waals surface area contributed by atoms with Crippen LogP contribution in [0.5, 0.6) is 0 Å². The van der Waals surface area contributed by atoms with Crippen LogP contribution in [0.1, 0.15) is 19.4 Å². The van der Waals surface area contributed by atoms with E-state index in [-0.39, 0.29) is 17.5 Å². The van der Waals surface area contributed by atoms with Gasteiger partial charge in [-0.3, -0.25) is 10.1 Å². The number of halogens is 2. The third-order valence-electron chi connectivity index (χ3n) is 3.13. The minimum absolute atomic E-state index is 0.137. The van der Waals surface area contributed by atoms with Gasteiger partial charge in [0.2, 0.25) is 11.6 Å². The number of alkyl carbamates (subject to hydrolysis) is 1. The first kappa shape index (κ1) is 16.5. The van der Waals surface area contributed by atoms with Gasteiger partial charge in [-0.2, -0.15) is 0 Å². The number of carbonyl (C=O) groups is 2. The molecule has 1 amide bonds. The fourth-order valence-electron chi connectivity index (χ4n) is 1.96. The molecular formula is C14H13Cl2NO5. The van der Waals surface area contributed by atoms with E-state index >= 15 is 0 Å². The molecule has 1 aliphatic rings. The molecule has 1 aliphatic heterocycles. The number of ketones is 1. The molecule has 1 aromatic rings. The SMILES string of the molecule is CCOC(=O)NC1=C(O)C(=O)C(C)(c2ccc(Cl)c(Cl)c2)O1. The number of nitrogens with one attached hydrogen (secondary N) is 1. The summed E-state index contributed by atoms with van der Waals surface area (Å²) in [6.07, 6.45) is -0.838. The van der Waals surface area contributed by atoms with Crippen molar-refractivity contribution in [3.05, 3.63) is 45.5 Å². The Bertz CT molecular complexity index is 673. The van der Waals surface area contributed by atoms with Crippen LogP contribution in [0.25, 0.3) is 0 Å². The van der Waals surface area contributed by atoms with Crippen molar-refractivity contribution in [2.45, 2.75) is 19.4 Å². The normalized spacial score (nSPS) is 20.8. The van der Waals surface area contributed by atoms with E-state index in [9.17, 15) is 14.7 Å². The van der Waals surface area contributed by atoms with E-state index in [0.717, 1.165) is 0 Å². The van der Waals surface area contributed by atoms with Crippen LogP contribution >= 0.6 is 23.2 Å². The molecule has 2 N–H and O–H groups in total. The third kappa shape index (κ3) is 2.84. The number of hydrogen-bond donors (Lipinski definition) is 2. The molecule has 22 heavy (non-hydrogen) atoms. The Morgan fingerprint density at radius 2 is 2.09 bits per heavy atom. The summed E-state index contributed by atoms with van der Waals surface area (Å²) in [5.74, 6) is -1.77. The van der Waals surface area contributed by atoms with Crippen molar-refractivity contribution in [1.82, 2.24) is 5.32 Å². The van der Waals surface area contributed by atoms with Gasteiger partial charge in [-0.1, -0.05) is 29.3 Å². The lowest BCUT2D eigenvalue weighted by Gasteiger charge is -2.23. The minimum atomic E-state index is -1.52. The first-order valence-electron chi connectivity index (χ1n) is 6.36. The van der Waals surface area contributed by atoms with Crippen molar-refractivity contribution in [3.8, 4) is 0 Å².